The molecule has 0 aliphatic rings. The zero-order valence-corrected chi connectivity index (χ0v) is 11.9. The highest BCUT2D eigenvalue weighted by Crippen LogP contribution is 2.22. The molecule has 1 aromatic rings. The fourth-order valence-corrected chi connectivity index (χ4v) is 1.62. The predicted octanol–water partition coefficient (Wildman–Crippen LogP) is 2.27. The van der Waals surface area contributed by atoms with Crippen molar-refractivity contribution in [1.29, 1.82) is 0 Å². The third-order valence-corrected chi connectivity index (χ3v) is 2.79. The molecule has 0 spiro atoms. The SMILES string of the molecule is CCOc1ncnc(NC(COC)C(C)C)c1C. The molecule has 0 aromatic carbocycles. The van der Waals surface area contributed by atoms with Crippen molar-refractivity contribution in [1.82, 2.24) is 9.97 Å². The Morgan fingerprint density at radius 3 is 2.61 bits per heavy atom. The first-order valence-corrected chi connectivity index (χ1v) is 6.30. The van der Waals surface area contributed by atoms with E-state index in [-0.39, 0.29) is 6.04 Å². The van der Waals surface area contributed by atoms with Gasteiger partial charge in [-0.2, -0.15) is 0 Å². The van der Waals surface area contributed by atoms with Gasteiger partial charge in [0.2, 0.25) is 5.88 Å². The molecule has 5 heteroatoms. The first-order chi connectivity index (χ1) is 8.60. The quantitative estimate of drug-likeness (QED) is 0.807. The Hall–Kier alpha value is -1.36. The maximum absolute atomic E-state index is 5.46. The fraction of sp³-hybridized carbons (Fsp3) is 0.692. The summed E-state index contributed by atoms with van der Waals surface area (Å²) in [6.45, 7) is 9.44. The molecule has 102 valence electrons. The average Bonchev–Trinajstić information content (AvgIpc) is 2.33. The molecule has 0 amide bonds. The Kier molecular flexibility index (Phi) is 5.85. The van der Waals surface area contributed by atoms with Crippen molar-refractivity contribution >= 4 is 5.82 Å². The van der Waals surface area contributed by atoms with Crippen molar-refractivity contribution < 1.29 is 9.47 Å². The number of nitrogens with one attached hydrogen (secondary N) is 1. The Labute approximate surface area is 109 Å². The lowest BCUT2D eigenvalue weighted by Crippen LogP contribution is -2.31. The summed E-state index contributed by atoms with van der Waals surface area (Å²) in [6, 6.07) is 0.220. The molecular formula is C13H23N3O2. The van der Waals surface area contributed by atoms with Gasteiger partial charge in [-0.3, -0.25) is 0 Å². The Morgan fingerprint density at radius 1 is 1.33 bits per heavy atom. The molecule has 0 radical (unpaired) electrons. The van der Waals surface area contributed by atoms with E-state index in [0.29, 0.717) is 25.0 Å². The van der Waals surface area contributed by atoms with Crippen molar-refractivity contribution in [2.75, 3.05) is 25.6 Å². The Bertz CT molecular complexity index is 369. The minimum Gasteiger partial charge on any atom is -0.478 e. The van der Waals surface area contributed by atoms with Crippen LogP contribution >= 0.6 is 0 Å². The second kappa shape index (κ2) is 7.16. The lowest BCUT2D eigenvalue weighted by Gasteiger charge is -2.23. The number of hydrogen-bond donors (Lipinski definition) is 1. The normalized spacial score (nSPS) is 12.6. The molecule has 0 aliphatic heterocycles. The third-order valence-electron chi connectivity index (χ3n) is 2.79. The number of methoxy groups -OCH3 is 1. The van der Waals surface area contributed by atoms with Gasteiger partial charge < -0.3 is 14.8 Å². The molecule has 1 aromatic heterocycles. The number of nitrogens with zero attached hydrogens (tertiary/aromatic N) is 2. The summed E-state index contributed by atoms with van der Waals surface area (Å²) >= 11 is 0. The topological polar surface area (TPSA) is 56.3 Å². The summed E-state index contributed by atoms with van der Waals surface area (Å²) in [5.41, 5.74) is 0.932. The molecule has 1 N–H and O–H groups in total. The van der Waals surface area contributed by atoms with Crippen molar-refractivity contribution in [3.8, 4) is 5.88 Å². The van der Waals surface area contributed by atoms with Crippen LogP contribution in [0.25, 0.3) is 0 Å². The zero-order chi connectivity index (χ0) is 13.5. The fourth-order valence-electron chi connectivity index (χ4n) is 1.62. The van der Waals surface area contributed by atoms with E-state index in [4.69, 9.17) is 9.47 Å². The van der Waals surface area contributed by atoms with Crippen molar-refractivity contribution in [2.45, 2.75) is 33.7 Å². The second-order valence-corrected chi connectivity index (χ2v) is 4.54. The van der Waals surface area contributed by atoms with Crippen LogP contribution in [0.2, 0.25) is 0 Å². The van der Waals surface area contributed by atoms with Crippen LogP contribution in [0.3, 0.4) is 0 Å². The summed E-state index contributed by atoms with van der Waals surface area (Å²) in [5, 5.41) is 3.39. The standard InChI is InChI=1S/C13H23N3O2/c1-6-18-13-10(4)12(14-8-15-13)16-11(7-17-5)9(2)3/h8-9,11H,6-7H2,1-5H3,(H,14,15,16). The first-order valence-electron chi connectivity index (χ1n) is 6.30. The predicted molar refractivity (Wildman–Crippen MR) is 72.1 cm³/mol. The van der Waals surface area contributed by atoms with Gasteiger partial charge in [0.1, 0.15) is 12.1 Å². The summed E-state index contributed by atoms with van der Waals surface area (Å²) in [7, 11) is 1.70. The highest BCUT2D eigenvalue weighted by molar-refractivity contribution is 5.48. The summed E-state index contributed by atoms with van der Waals surface area (Å²) in [6.07, 6.45) is 1.52. The van der Waals surface area contributed by atoms with E-state index in [1.165, 1.54) is 6.33 Å². The van der Waals surface area contributed by atoms with Gasteiger partial charge in [0, 0.05) is 7.11 Å². The zero-order valence-electron chi connectivity index (χ0n) is 11.9. The highest BCUT2D eigenvalue weighted by atomic mass is 16.5. The van der Waals surface area contributed by atoms with E-state index in [0.717, 1.165) is 11.4 Å². The minimum atomic E-state index is 0.220. The van der Waals surface area contributed by atoms with Crippen molar-refractivity contribution in [3.63, 3.8) is 0 Å². The monoisotopic (exact) mass is 253 g/mol. The number of hydrogen-bond acceptors (Lipinski definition) is 5. The van der Waals surface area contributed by atoms with Gasteiger partial charge in [-0.25, -0.2) is 9.97 Å². The summed E-state index contributed by atoms with van der Waals surface area (Å²) < 4.78 is 10.7. The maximum Gasteiger partial charge on any atom is 0.221 e. The molecule has 1 atom stereocenters. The molecule has 0 saturated carbocycles. The van der Waals surface area contributed by atoms with Crippen LogP contribution in [0.5, 0.6) is 5.88 Å². The molecule has 0 aliphatic carbocycles. The van der Waals surface area contributed by atoms with Crippen LogP contribution in [0.4, 0.5) is 5.82 Å². The van der Waals surface area contributed by atoms with Crippen LogP contribution in [0, 0.1) is 12.8 Å². The maximum atomic E-state index is 5.46. The first kappa shape index (κ1) is 14.7. The van der Waals surface area contributed by atoms with Gasteiger partial charge in [0.05, 0.1) is 24.8 Å². The van der Waals surface area contributed by atoms with E-state index >= 15 is 0 Å². The number of aromatic nitrogens is 2. The molecule has 5 nitrogen and oxygen atoms in total. The average molecular weight is 253 g/mol. The van der Waals surface area contributed by atoms with Gasteiger partial charge in [-0.1, -0.05) is 13.8 Å². The van der Waals surface area contributed by atoms with E-state index in [9.17, 15) is 0 Å². The number of ether oxygens (including phenoxy) is 2. The lowest BCUT2D eigenvalue weighted by atomic mass is 10.1. The molecule has 0 bridgehead atoms. The van der Waals surface area contributed by atoms with Gasteiger partial charge in [0.25, 0.3) is 0 Å². The molecule has 1 heterocycles. The molecule has 1 rings (SSSR count). The number of rotatable bonds is 7. The Morgan fingerprint density at radius 2 is 2.06 bits per heavy atom. The van der Waals surface area contributed by atoms with Crippen LogP contribution in [0.1, 0.15) is 26.3 Å². The summed E-state index contributed by atoms with van der Waals surface area (Å²) in [5.74, 6) is 1.90. The van der Waals surface area contributed by atoms with Crippen molar-refractivity contribution in [2.24, 2.45) is 5.92 Å². The van der Waals surface area contributed by atoms with E-state index in [2.05, 4.69) is 29.1 Å². The smallest absolute Gasteiger partial charge is 0.221 e. The van der Waals surface area contributed by atoms with Gasteiger partial charge >= 0.3 is 0 Å². The third kappa shape index (κ3) is 3.84. The van der Waals surface area contributed by atoms with Gasteiger partial charge in [-0.05, 0) is 19.8 Å². The van der Waals surface area contributed by atoms with Gasteiger partial charge in [0.15, 0.2) is 0 Å². The number of anilines is 1. The highest BCUT2D eigenvalue weighted by Gasteiger charge is 2.16. The lowest BCUT2D eigenvalue weighted by molar-refractivity contribution is 0.171. The largest absolute Gasteiger partial charge is 0.478 e. The second-order valence-electron chi connectivity index (χ2n) is 4.54. The Balaban J connectivity index is 2.85. The van der Waals surface area contributed by atoms with Crippen LogP contribution in [-0.4, -0.2) is 36.3 Å². The van der Waals surface area contributed by atoms with E-state index in [1.54, 1.807) is 7.11 Å². The molecular weight excluding hydrogens is 230 g/mol. The summed E-state index contributed by atoms with van der Waals surface area (Å²) in [4.78, 5) is 8.39. The molecule has 1 unspecified atom stereocenters. The minimum absolute atomic E-state index is 0.220. The van der Waals surface area contributed by atoms with Crippen LogP contribution < -0.4 is 10.1 Å². The molecule has 18 heavy (non-hydrogen) atoms. The molecule has 0 saturated heterocycles. The van der Waals surface area contributed by atoms with Crippen molar-refractivity contribution in [3.05, 3.63) is 11.9 Å². The van der Waals surface area contributed by atoms with E-state index < -0.39 is 0 Å². The van der Waals surface area contributed by atoms with Gasteiger partial charge in [-0.15, -0.1) is 0 Å². The molecule has 0 fully saturated rings. The van der Waals surface area contributed by atoms with Crippen LogP contribution in [0.15, 0.2) is 6.33 Å². The van der Waals surface area contributed by atoms with E-state index in [1.807, 2.05) is 13.8 Å². The van der Waals surface area contributed by atoms with Crippen LogP contribution in [-0.2, 0) is 4.74 Å².